The van der Waals surface area contributed by atoms with Crippen LogP contribution in [0.5, 0.6) is 5.75 Å². The first-order chi connectivity index (χ1) is 9.56. The first-order valence-electron chi connectivity index (χ1n) is 6.91. The molecular weight excluding hydrogens is 266 g/mol. The molecule has 0 saturated heterocycles. The first-order valence-corrected chi connectivity index (χ1v) is 6.91. The molecule has 0 radical (unpaired) electrons. The van der Waals surface area contributed by atoms with Gasteiger partial charge in [0, 0.05) is 0 Å². The topological polar surface area (TPSA) is 46.5 Å². The normalized spacial score (nSPS) is 10.6. The van der Waals surface area contributed by atoms with Crippen LogP contribution in [0.25, 0.3) is 0 Å². The van der Waals surface area contributed by atoms with Crippen molar-refractivity contribution in [2.75, 3.05) is 6.61 Å². The van der Waals surface area contributed by atoms with E-state index < -0.39 is 28.9 Å². The number of ether oxygens (including phenoxy) is 1. The largest absolute Gasteiger partial charge is 0.488 e. The van der Waals surface area contributed by atoms with Gasteiger partial charge in [-0.3, -0.25) is 0 Å². The van der Waals surface area contributed by atoms with E-state index in [0.29, 0.717) is 0 Å². The predicted octanol–water partition coefficient (Wildman–Crippen LogP) is 4.40. The fraction of sp³-hybridized carbons (Fsp3) is 0.533. The molecule has 0 aliphatic carbocycles. The molecule has 0 amide bonds. The number of carboxylic acids is 1. The number of rotatable bonds is 9. The maximum atomic E-state index is 13.5. The summed E-state index contributed by atoms with van der Waals surface area (Å²) in [5.74, 6) is -3.82. The van der Waals surface area contributed by atoms with Crippen molar-refractivity contribution in [2.24, 2.45) is 0 Å². The number of hydrogen-bond donors (Lipinski definition) is 1. The Morgan fingerprint density at radius 1 is 1.10 bits per heavy atom. The Labute approximate surface area is 117 Å². The number of halogens is 2. The summed E-state index contributed by atoms with van der Waals surface area (Å²) in [6.45, 7) is 2.36. The first kappa shape index (κ1) is 16.4. The highest BCUT2D eigenvalue weighted by molar-refractivity contribution is 5.87. The van der Waals surface area contributed by atoms with E-state index in [1.54, 1.807) is 0 Å². The molecule has 0 aliphatic rings. The van der Waals surface area contributed by atoms with Gasteiger partial charge in [0.25, 0.3) is 0 Å². The summed E-state index contributed by atoms with van der Waals surface area (Å²) in [4.78, 5) is 10.6. The van der Waals surface area contributed by atoms with Gasteiger partial charge >= 0.3 is 5.97 Å². The van der Waals surface area contributed by atoms with Crippen LogP contribution in [0, 0.1) is 11.6 Å². The molecule has 0 bridgehead atoms. The minimum absolute atomic E-state index is 0.229. The molecule has 1 rings (SSSR count). The van der Waals surface area contributed by atoms with Gasteiger partial charge in [0.15, 0.2) is 17.4 Å². The molecule has 0 atom stereocenters. The Kier molecular flexibility index (Phi) is 6.98. The van der Waals surface area contributed by atoms with Gasteiger partial charge in [-0.05, 0) is 18.6 Å². The Hall–Kier alpha value is -1.65. The van der Waals surface area contributed by atoms with Gasteiger partial charge in [-0.1, -0.05) is 39.0 Å². The second kappa shape index (κ2) is 8.51. The molecule has 0 unspecified atom stereocenters. The van der Waals surface area contributed by atoms with Crippen LogP contribution in [0.4, 0.5) is 8.78 Å². The predicted molar refractivity (Wildman–Crippen MR) is 72.2 cm³/mol. The maximum Gasteiger partial charge on any atom is 0.335 e. The van der Waals surface area contributed by atoms with Crippen molar-refractivity contribution < 1.29 is 23.4 Å². The highest BCUT2D eigenvalue weighted by Crippen LogP contribution is 2.23. The molecular formula is C15H20F2O3. The van der Waals surface area contributed by atoms with Gasteiger partial charge in [-0.25, -0.2) is 13.6 Å². The van der Waals surface area contributed by atoms with Crippen molar-refractivity contribution in [3.05, 3.63) is 29.3 Å². The second-order valence-electron chi connectivity index (χ2n) is 4.69. The summed E-state index contributed by atoms with van der Waals surface area (Å²) in [5.41, 5.74) is -0.424. The number of carbonyl (C=O) groups is 1. The van der Waals surface area contributed by atoms with Crippen LogP contribution >= 0.6 is 0 Å². The third-order valence-electron chi connectivity index (χ3n) is 2.99. The molecule has 112 valence electrons. The van der Waals surface area contributed by atoms with E-state index in [0.717, 1.165) is 37.8 Å². The van der Waals surface area contributed by atoms with E-state index >= 15 is 0 Å². The summed E-state index contributed by atoms with van der Waals surface area (Å²) < 4.78 is 32.1. The molecule has 0 fully saturated rings. The van der Waals surface area contributed by atoms with Crippen LogP contribution in [0.2, 0.25) is 0 Å². The van der Waals surface area contributed by atoms with E-state index in [9.17, 15) is 13.6 Å². The lowest BCUT2D eigenvalue weighted by Crippen LogP contribution is -2.05. The van der Waals surface area contributed by atoms with Crippen molar-refractivity contribution in [1.29, 1.82) is 0 Å². The van der Waals surface area contributed by atoms with Crippen molar-refractivity contribution in [2.45, 2.75) is 45.4 Å². The van der Waals surface area contributed by atoms with E-state index in [4.69, 9.17) is 9.84 Å². The average Bonchev–Trinajstić information content (AvgIpc) is 2.40. The zero-order chi connectivity index (χ0) is 15.0. The van der Waals surface area contributed by atoms with Gasteiger partial charge in [0.2, 0.25) is 0 Å². The molecule has 0 aromatic heterocycles. The van der Waals surface area contributed by atoms with E-state index in [1.807, 2.05) is 0 Å². The second-order valence-corrected chi connectivity index (χ2v) is 4.69. The van der Waals surface area contributed by atoms with Crippen LogP contribution in [-0.2, 0) is 0 Å². The van der Waals surface area contributed by atoms with E-state index in [2.05, 4.69) is 6.92 Å². The maximum absolute atomic E-state index is 13.5. The summed E-state index contributed by atoms with van der Waals surface area (Å²) >= 11 is 0. The van der Waals surface area contributed by atoms with E-state index in [-0.39, 0.29) is 6.61 Å². The highest BCUT2D eigenvalue weighted by Gasteiger charge is 2.15. The lowest BCUT2D eigenvalue weighted by molar-refractivity contribution is 0.0695. The van der Waals surface area contributed by atoms with Gasteiger partial charge in [0.05, 0.1) is 12.2 Å². The quantitative estimate of drug-likeness (QED) is 0.684. The monoisotopic (exact) mass is 286 g/mol. The SMILES string of the molecule is CCCCCCCCOc1c(F)cc(C(=O)O)cc1F. The summed E-state index contributed by atoms with van der Waals surface area (Å²) in [7, 11) is 0. The van der Waals surface area contributed by atoms with Crippen LogP contribution in [0.1, 0.15) is 55.8 Å². The number of aromatic carboxylic acids is 1. The highest BCUT2D eigenvalue weighted by atomic mass is 19.1. The average molecular weight is 286 g/mol. The van der Waals surface area contributed by atoms with E-state index in [1.165, 1.54) is 12.8 Å². The van der Waals surface area contributed by atoms with Gasteiger partial charge < -0.3 is 9.84 Å². The van der Waals surface area contributed by atoms with Crippen molar-refractivity contribution in [1.82, 2.24) is 0 Å². The zero-order valence-electron chi connectivity index (χ0n) is 11.6. The Morgan fingerprint density at radius 3 is 2.20 bits per heavy atom. The van der Waals surface area contributed by atoms with Crippen LogP contribution in [-0.4, -0.2) is 17.7 Å². The lowest BCUT2D eigenvalue weighted by Gasteiger charge is -2.09. The number of benzene rings is 1. The van der Waals surface area contributed by atoms with Gasteiger partial charge in [0.1, 0.15) is 0 Å². The van der Waals surface area contributed by atoms with Crippen molar-refractivity contribution in [3.63, 3.8) is 0 Å². The molecule has 5 heteroatoms. The third kappa shape index (κ3) is 5.15. The molecule has 1 aromatic rings. The van der Waals surface area contributed by atoms with Crippen LogP contribution < -0.4 is 4.74 Å². The zero-order valence-corrected chi connectivity index (χ0v) is 11.6. The summed E-state index contributed by atoms with van der Waals surface area (Å²) in [6.07, 6.45) is 6.29. The van der Waals surface area contributed by atoms with Crippen LogP contribution in [0.15, 0.2) is 12.1 Å². The number of hydrogen-bond acceptors (Lipinski definition) is 2. The van der Waals surface area contributed by atoms with Crippen LogP contribution in [0.3, 0.4) is 0 Å². The summed E-state index contributed by atoms with van der Waals surface area (Å²) in [6, 6.07) is 1.53. The molecule has 0 heterocycles. The standard InChI is InChI=1S/C15H20F2O3/c1-2-3-4-5-6-7-8-20-14-12(16)9-11(15(18)19)10-13(14)17/h9-10H,2-8H2,1H3,(H,18,19). The van der Waals surface area contributed by atoms with Crippen molar-refractivity contribution >= 4 is 5.97 Å². The number of carboxylic acid groups (broad SMARTS) is 1. The van der Waals surface area contributed by atoms with Gasteiger partial charge in [-0.15, -0.1) is 0 Å². The lowest BCUT2D eigenvalue weighted by atomic mass is 10.1. The summed E-state index contributed by atoms with van der Waals surface area (Å²) in [5, 5.41) is 8.67. The molecule has 0 saturated carbocycles. The molecule has 1 N–H and O–H groups in total. The Morgan fingerprint density at radius 2 is 1.65 bits per heavy atom. The van der Waals surface area contributed by atoms with Crippen molar-refractivity contribution in [3.8, 4) is 5.75 Å². The molecule has 1 aromatic carbocycles. The molecule has 20 heavy (non-hydrogen) atoms. The Balaban J connectivity index is 2.42. The number of unbranched alkanes of at least 4 members (excludes halogenated alkanes) is 5. The smallest absolute Gasteiger partial charge is 0.335 e. The fourth-order valence-electron chi connectivity index (χ4n) is 1.88. The minimum atomic E-state index is -1.37. The fourth-order valence-corrected chi connectivity index (χ4v) is 1.88. The Bertz CT molecular complexity index is 424. The molecule has 0 aliphatic heterocycles. The minimum Gasteiger partial charge on any atom is -0.488 e. The third-order valence-corrected chi connectivity index (χ3v) is 2.99. The molecule has 0 spiro atoms. The molecule has 3 nitrogen and oxygen atoms in total. The van der Waals surface area contributed by atoms with Gasteiger partial charge in [-0.2, -0.15) is 0 Å².